The minimum absolute atomic E-state index is 0.121. The Hall–Kier alpha value is -1.90. The van der Waals surface area contributed by atoms with E-state index < -0.39 is 0 Å². The SMILES string of the molecule is Oc1ccc2c3oc(cc1-2)cc3O. The van der Waals surface area contributed by atoms with Crippen LogP contribution < -0.4 is 0 Å². The van der Waals surface area contributed by atoms with E-state index in [0.717, 1.165) is 11.1 Å². The van der Waals surface area contributed by atoms with Gasteiger partial charge in [0.2, 0.25) is 0 Å². The molecule has 13 heavy (non-hydrogen) atoms. The van der Waals surface area contributed by atoms with E-state index in [9.17, 15) is 10.2 Å². The molecule has 0 radical (unpaired) electrons. The zero-order valence-electron chi connectivity index (χ0n) is 6.61. The van der Waals surface area contributed by atoms with Gasteiger partial charge in [0.15, 0.2) is 11.3 Å². The average Bonchev–Trinajstić information content (AvgIpc) is 2.59. The molecule has 0 unspecified atom stereocenters. The predicted octanol–water partition coefficient (Wildman–Crippen LogP) is 2.39. The van der Waals surface area contributed by atoms with Crippen molar-refractivity contribution in [3.63, 3.8) is 0 Å². The Morgan fingerprint density at radius 2 is 1.77 bits per heavy atom. The Labute approximate surface area is 73.5 Å². The van der Waals surface area contributed by atoms with Gasteiger partial charge in [0.25, 0.3) is 0 Å². The van der Waals surface area contributed by atoms with E-state index in [1.807, 2.05) is 0 Å². The lowest BCUT2D eigenvalue weighted by molar-refractivity contribution is 0.475. The molecule has 0 amide bonds. The predicted molar refractivity (Wildman–Crippen MR) is 47.4 cm³/mol. The number of hydrogen-bond donors (Lipinski definition) is 2. The maximum atomic E-state index is 9.43. The number of rotatable bonds is 0. The van der Waals surface area contributed by atoms with E-state index in [2.05, 4.69) is 0 Å². The quantitative estimate of drug-likeness (QED) is 0.550. The van der Waals surface area contributed by atoms with Crippen molar-refractivity contribution in [2.45, 2.75) is 0 Å². The van der Waals surface area contributed by atoms with E-state index in [1.54, 1.807) is 18.2 Å². The van der Waals surface area contributed by atoms with E-state index in [0.29, 0.717) is 11.2 Å². The fraction of sp³-hybridized carbons (Fsp3) is 0. The molecule has 0 atom stereocenters. The minimum atomic E-state index is 0.121. The summed E-state index contributed by atoms with van der Waals surface area (Å²) in [6.45, 7) is 0. The third-order valence-electron chi connectivity index (χ3n) is 2.24. The van der Waals surface area contributed by atoms with Gasteiger partial charge in [-0.1, -0.05) is 0 Å². The second-order valence-electron chi connectivity index (χ2n) is 3.05. The van der Waals surface area contributed by atoms with Crippen LogP contribution >= 0.6 is 0 Å². The Balaban J connectivity index is 2.58. The van der Waals surface area contributed by atoms with Gasteiger partial charge in [0.05, 0.1) is 0 Å². The van der Waals surface area contributed by atoms with Crippen molar-refractivity contribution in [3.05, 3.63) is 24.3 Å². The highest BCUT2D eigenvalue weighted by Crippen LogP contribution is 2.43. The second-order valence-corrected chi connectivity index (χ2v) is 3.05. The molecule has 3 rings (SSSR count). The molecule has 1 aromatic heterocycles. The second kappa shape index (κ2) is 1.88. The lowest BCUT2D eigenvalue weighted by Gasteiger charge is -1.98. The van der Waals surface area contributed by atoms with Gasteiger partial charge >= 0.3 is 0 Å². The molecule has 0 aromatic carbocycles. The summed E-state index contributed by atoms with van der Waals surface area (Å²) in [7, 11) is 0. The van der Waals surface area contributed by atoms with Crippen LogP contribution in [0.5, 0.6) is 11.5 Å². The van der Waals surface area contributed by atoms with Gasteiger partial charge in [0.1, 0.15) is 11.3 Å². The lowest BCUT2D eigenvalue weighted by atomic mass is 10.1. The molecule has 0 saturated carbocycles. The molecule has 0 saturated heterocycles. The standard InChI is InChI=1S/C10H6O3/c11-8-2-1-6-7(8)3-5-4-9(12)10(6)13-5/h1-4,11-12H. The smallest absolute Gasteiger partial charge is 0.177 e. The van der Waals surface area contributed by atoms with Crippen LogP contribution in [0, 0.1) is 0 Å². The van der Waals surface area contributed by atoms with Crippen LogP contribution in [0.25, 0.3) is 22.3 Å². The van der Waals surface area contributed by atoms with Crippen LogP contribution in [-0.4, -0.2) is 10.2 Å². The van der Waals surface area contributed by atoms with Gasteiger partial charge in [-0.2, -0.15) is 0 Å². The van der Waals surface area contributed by atoms with Crippen molar-refractivity contribution < 1.29 is 14.6 Å². The highest BCUT2D eigenvalue weighted by Gasteiger charge is 2.18. The fourth-order valence-corrected chi connectivity index (χ4v) is 1.64. The normalized spacial score (nSPS) is 11.7. The molecule has 64 valence electrons. The van der Waals surface area contributed by atoms with Crippen molar-refractivity contribution in [1.82, 2.24) is 0 Å². The Kier molecular flexibility index (Phi) is 0.953. The summed E-state index contributed by atoms with van der Waals surface area (Å²) in [6, 6.07) is 6.56. The van der Waals surface area contributed by atoms with Crippen molar-refractivity contribution in [2.24, 2.45) is 0 Å². The van der Waals surface area contributed by atoms with Crippen LogP contribution in [0.4, 0.5) is 0 Å². The van der Waals surface area contributed by atoms with Crippen LogP contribution in [0.2, 0.25) is 0 Å². The van der Waals surface area contributed by atoms with Gasteiger partial charge in [-0.25, -0.2) is 0 Å². The van der Waals surface area contributed by atoms with Crippen molar-refractivity contribution in [1.29, 1.82) is 0 Å². The summed E-state index contributed by atoms with van der Waals surface area (Å²) < 4.78 is 5.27. The summed E-state index contributed by atoms with van der Waals surface area (Å²) in [4.78, 5) is 0. The molecular formula is C10H6O3. The Morgan fingerprint density at radius 3 is 2.62 bits per heavy atom. The zero-order chi connectivity index (χ0) is 9.00. The Morgan fingerprint density at radius 1 is 0.923 bits per heavy atom. The zero-order valence-corrected chi connectivity index (χ0v) is 6.61. The highest BCUT2D eigenvalue weighted by atomic mass is 16.4. The molecule has 0 fully saturated rings. The topological polar surface area (TPSA) is 53.6 Å². The highest BCUT2D eigenvalue weighted by molar-refractivity contribution is 5.92. The summed E-state index contributed by atoms with van der Waals surface area (Å²) >= 11 is 0. The van der Waals surface area contributed by atoms with E-state index in [1.165, 1.54) is 6.07 Å². The summed E-state index contributed by atoms with van der Waals surface area (Å²) in [5, 5.41) is 18.9. The van der Waals surface area contributed by atoms with Gasteiger partial charge in [-0.05, 0) is 18.2 Å². The monoisotopic (exact) mass is 174 g/mol. The van der Waals surface area contributed by atoms with Gasteiger partial charge in [-0.3, -0.25) is 0 Å². The van der Waals surface area contributed by atoms with Gasteiger partial charge < -0.3 is 14.6 Å². The van der Waals surface area contributed by atoms with E-state index >= 15 is 0 Å². The van der Waals surface area contributed by atoms with Crippen LogP contribution in [0.1, 0.15) is 0 Å². The third kappa shape index (κ3) is 0.685. The molecule has 2 aliphatic rings. The largest absolute Gasteiger partial charge is 0.507 e. The summed E-state index contributed by atoms with van der Waals surface area (Å²) in [5.41, 5.74) is 2.47. The number of fused-ring (bicyclic) bond motifs is 4. The molecule has 2 N–H and O–H groups in total. The first-order valence-electron chi connectivity index (χ1n) is 3.92. The molecule has 3 nitrogen and oxygen atoms in total. The van der Waals surface area contributed by atoms with Crippen LogP contribution in [0.15, 0.2) is 28.7 Å². The van der Waals surface area contributed by atoms with Crippen molar-refractivity contribution >= 4 is 11.2 Å². The van der Waals surface area contributed by atoms with E-state index in [4.69, 9.17) is 4.42 Å². The number of furan rings is 1. The minimum Gasteiger partial charge on any atom is -0.507 e. The molecule has 1 aromatic rings. The first-order valence-corrected chi connectivity index (χ1v) is 3.92. The molecular weight excluding hydrogens is 168 g/mol. The maximum absolute atomic E-state index is 9.43. The summed E-state index contributed by atoms with van der Waals surface area (Å²) in [5.74, 6) is 0.340. The number of aromatic hydroxyl groups is 2. The Bertz CT molecular complexity index is 538. The van der Waals surface area contributed by atoms with E-state index in [-0.39, 0.29) is 11.5 Å². The van der Waals surface area contributed by atoms with Gasteiger partial charge in [0, 0.05) is 17.2 Å². The molecule has 1 aliphatic heterocycles. The van der Waals surface area contributed by atoms with Crippen molar-refractivity contribution in [2.75, 3.05) is 0 Å². The molecule has 2 heterocycles. The average molecular weight is 174 g/mol. The van der Waals surface area contributed by atoms with Crippen molar-refractivity contribution in [3.8, 4) is 22.6 Å². The first-order chi connectivity index (χ1) is 6.25. The molecule has 2 bridgehead atoms. The van der Waals surface area contributed by atoms with Gasteiger partial charge in [-0.15, -0.1) is 0 Å². The maximum Gasteiger partial charge on any atom is 0.177 e. The lowest BCUT2D eigenvalue weighted by Crippen LogP contribution is -1.72. The summed E-state index contributed by atoms with van der Waals surface area (Å²) in [6.07, 6.45) is 0. The molecule has 1 aliphatic carbocycles. The first kappa shape index (κ1) is 6.60. The fourth-order valence-electron chi connectivity index (χ4n) is 1.64. The molecule has 0 spiro atoms. The molecule has 3 heteroatoms. The number of hydrogen-bond acceptors (Lipinski definition) is 3. The van der Waals surface area contributed by atoms with Crippen LogP contribution in [-0.2, 0) is 0 Å². The third-order valence-corrected chi connectivity index (χ3v) is 2.24. The van der Waals surface area contributed by atoms with Crippen LogP contribution in [0.3, 0.4) is 0 Å².